The Morgan fingerprint density at radius 3 is 2.29 bits per heavy atom. The summed E-state index contributed by atoms with van der Waals surface area (Å²) in [5.41, 5.74) is -3.42. The highest BCUT2D eigenvalue weighted by Crippen LogP contribution is 2.47. The maximum atomic E-state index is 14.0. The van der Waals surface area contributed by atoms with E-state index in [2.05, 4.69) is 15.1 Å². The molecular weight excluding hydrogens is 461 g/mol. The van der Waals surface area contributed by atoms with Crippen LogP contribution in [0.2, 0.25) is 0 Å². The second-order valence-electron chi connectivity index (χ2n) is 7.05. The fourth-order valence-electron chi connectivity index (χ4n) is 3.30. The second-order valence-corrected chi connectivity index (χ2v) is 7.05. The van der Waals surface area contributed by atoms with Crippen molar-refractivity contribution in [3.63, 3.8) is 0 Å². The highest BCUT2D eigenvalue weighted by Gasteiger charge is 2.41. The molecule has 3 N–H and O–H groups in total. The molecule has 0 saturated carbocycles. The SMILES string of the molecule is Cc1nc(-c2ccccc2)c(-c2noc(-c3cc(O)c(O)c([N+](=O)[O-])c3)n2)c(C(F)(F)F)c1O. The Labute approximate surface area is 187 Å². The molecule has 0 atom stereocenters. The van der Waals surface area contributed by atoms with Gasteiger partial charge in [0.05, 0.1) is 27.4 Å². The maximum Gasteiger partial charge on any atom is 0.420 e. The molecule has 34 heavy (non-hydrogen) atoms. The Balaban J connectivity index is 1.99. The lowest BCUT2D eigenvalue weighted by molar-refractivity contribution is -0.385. The Kier molecular flexibility index (Phi) is 5.31. The van der Waals surface area contributed by atoms with Crippen molar-refractivity contribution in [3.05, 3.63) is 63.8 Å². The number of hydrogen-bond donors (Lipinski definition) is 3. The first kappa shape index (κ1) is 22.5. The lowest BCUT2D eigenvalue weighted by Gasteiger charge is -2.17. The van der Waals surface area contributed by atoms with Crippen LogP contribution in [0.25, 0.3) is 34.1 Å². The van der Waals surface area contributed by atoms with Crippen LogP contribution in [0.5, 0.6) is 17.2 Å². The zero-order valence-corrected chi connectivity index (χ0v) is 17.0. The van der Waals surface area contributed by atoms with Crippen LogP contribution in [0.15, 0.2) is 47.0 Å². The van der Waals surface area contributed by atoms with Gasteiger partial charge in [-0.2, -0.15) is 18.2 Å². The molecule has 0 aliphatic rings. The molecule has 174 valence electrons. The number of rotatable bonds is 4. The van der Waals surface area contributed by atoms with Gasteiger partial charge in [-0.15, -0.1) is 0 Å². The standard InChI is InChI=1S/C21H13F3N4O6/c1-9-17(30)15(21(22,23)24)14(16(25-9)10-5-3-2-4-6-10)19-26-20(34-27-19)11-7-12(28(32)33)18(31)13(29)8-11/h2-8,29-31H,1H3. The zero-order valence-electron chi connectivity index (χ0n) is 17.0. The number of phenols is 2. The normalized spacial score (nSPS) is 11.5. The summed E-state index contributed by atoms with van der Waals surface area (Å²) in [6.07, 6.45) is -5.03. The number of nitro benzene ring substituents is 1. The van der Waals surface area contributed by atoms with E-state index in [-0.39, 0.29) is 22.5 Å². The molecule has 2 aromatic heterocycles. The molecule has 0 amide bonds. The number of aromatic hydroxyl groups is 3. The van der Waals surface area contributed by atoms with E-state index in [1.165, 1.54) is 19.1 Å². The third kappa shape index (κ3) is 3.83. The summed E-state index contributed by atoms with van der Waals surface area (Å²) in [4.78, 5) is 18.2. The van der Waals surface area contributed by atoms with Crippen molar-refractivity contribution in [2.24, 2.45) is 0 Å². The van der Waals surface area contributed by atoms with Crippen molar-refractivity contribution in [2.75, 3.05) is 0 Å². The van der Waals surface area contributed by atoms with Crippen LogP contribution in [0.3, 0.4) is 0 Å². The van der Waals surface area contributed by atoms with Gasteiger partial charge >= 0.3 is 11.9 Å². The van der Waals surface area contributed by atoms with Crippen LogP contribution in [-0.4, -0.2) is 35.4 Å². The number of phenolic OH excluding ortho intramolecular Hbond substituents is 2. The van der Waals surface area contributed by atoms with Crippen LogP contribution in [0.4, 0.5) is 18.9 Å². The molecule has 4 aromatic rings. The smallest absolute Gasteiger partial charge is 0.420 e. The largest absolute Gasteiger partial charge is 0.505 e. The molecule has 0 radical (unpaired) electrons. The van der Waals surface area contributed by atoms with Crippen LogP contribution < -0.4 is 0 Å². The summed E-state index contributed by atoms with van der Waals surface area (Å²) >= 11 is 0. The average Bonchev–Trinajstić information content (AvgIpc) is 3.26. The predicted octanol–water partition coefficient (Wildman–Crippen LogP) is 4.82. The summed E-state index contributed by atoms with van der Waals surface area (Å²) in [7, 11) is 0. The number of hydrogen-bond acceptors (Lipinski definition) is 9. The third-order valence-corrected chi connectivity index (χ3v) is 4.84. The van der Waals surface area contributed by atoms with Crippen molar-refractivity contribution in [1.29, 1.82) is 0 Å². The highest BCUT2D eigenvalue weighted by molar-refractivity contribution is 5.83. The molecule has 10 nitrogen and oxygen atoms in total. The third-order valence-electron chi connectivity index (χ3n) is 4.84. The Hall–Kier alpha value is -4.68. The van der Waals surface area contributed by atoms with E-state index in [0.717, 1.165) is 12.1 Å². The summed E-state index contributed by atoms with van der Waals surface area (Å²) in [5.74, 6) is -4.10. The average molecular weight is 474 g/mol. The van der Waals surface area contributed by atoms with Gasteiger partial charge < -0.3 is 19.8 Å². The van der Waals surface area contributed by atoms with E-state index in [9.17, 15) is 38.6 Å². The van der Waals surface area contributed by atoms with Gasteiger partial charge in [-0.25, -0.2) is 4.98 Å². The number of halogens is 3. The first-order valence-corrected chi connectivity index (χ1v) is 9.40. The molecular formula is C21H13F3N4O6. The van der Waals surface area contributed by atoms with Gasteiger partial charge in [0.1, 0.15) is 11.3 Å². The van der Waals surface area contributed by atoms with E-state index in [0.29, 0.717) is 0 Å². The summed E-state index contributed by atoms with van der Waals surface area (Å²) in [6.45, 7) is 1.21. The quantitative estimate of drug-likeness (QED) is 0.214. The topological polar surface area (TPSA) is 156 Å². The molecule has 0 bridgehead atoms. The van der Waals surface area contributed by atoms with E-state index in [1.54, 1.807) is 18.2 Å². The second kappa shape index (κ2) is 8.03. The van der Waals surface area contributed by atoms with E-state index in [4.69, 9.17) is 4.52 Å². The van der Waals surface area contributed by atoms with Gasteiger partial charge in [0, 0.05) is 11.6 Å². The van der Waals surface area contributed by atoms with Crippen molar-refractivity contribution >= 4 is 5.69 Å². The number of benzene rings is 2. The molecule has 2 heterocycles. The molecule has 0 spiro atoms. The summed E-state index contributed by atoms with van der Waals surface area (Å²) in [6, 6.07) is 9.49. The van der Waals surface area contributed by atoms with E-state index < -0.39 is 56.9 Å². The molecule has 0 aliphatic heterocycles. The zero-order chi connectivity index (χ0) is 24.8. The van der Waals surface area contributed by atoms with Crippen LogP contribution in [0, 0.1) is 17.0 Å². The van der Waals surface area contributed by atoms with E-state index in [1.807, 2.05) is 0 Å². The van der Waals surface area contributed by atoms with Crippen LogP contribution in [0.1, 0.15) is 11.3 Å². The predicted molar refractivity (Wildman–Crippen MR) is 110 cm³/mol. The number of aryl methyl sites for hydroxylation is 1. The molecule has 0 unspecified atom stereocenters. The Morgan fingerprint density at radius 2 is 1.68 bits per heavy atom. The minimum absolute atomic E-state index is 0.185. The minimum Gasteiger partial charge on any atom is -0.505 e. The Bertz CT molecular complexity index is 1420. The van der Waals surface area contributed by atoms with E-state index >= 15 is 0 Å². The Morgan fingerprint density at radius 1 is 1.00 bits per heavy atom. The number of aromatic nitrogens is 3. The molecule has 13 heteroatoms. The lowest BCUT2D eigenvalue weighted by Crippen LogP contribution is -2.11. The first-order chi connectivity index (χ1) is 16.0. The molecule has 0 saturated heterocycles. The lowest BCUT2D eigenvalue weighted by atomic mass is 9.98. The van der Waals surface area contributed by atoms with Crippen molar-refractivity contribution < 1.29 is 37.9 Å². The number of nitrogens with zero attached hydrogens (tertiary/aromatic N) is 4. The maximum absolute atomic E-state index is 14.0. The summed E-state index contributed by atoms with van der Waals surface area (Å²) in [5, 5.41) is 44.4. The van der Waals surface area contributed by atoms with Gasteiger partial charge in [0.15, 0.2) is 5.75 Å². The van der Waals surface area contributed by atoms with Gasteiger partial charge in [-0.05, 0) is 13.0 Å². The fourth-order valence-corrected chi connectivity index (χ4v) is 3.30. The monoisotopic (exact) mass is 474 g/mol. The van der Waals surface area contributed by atoms with Crippen molar-refractivity contribution in [3.8, 4) is 51.3 Å². The molecule has 0 fully saturated rings. The first-order valence-electron chi connectivity index (χ1n) is 9.40. The van der Waals surface area contributed by atoms with Crippen LogP contribution >= 0.6 is 0 Å². The van der Waals surface area contributed by atoms with Gasteiger partial charge in [0.2, 0.25) is 11.6 Å². The summed E-state index contributed by atoms with van der Waals surface area (Å²) < 4.78 is 47.1. The van der Waals surface area contributed by atoms with Crippen molar-refractivity contribution in [1.82, 2.24) is 15.1 Å². The number of nitro groups is 1. The molecule has 2 aromatic carbocycles. The van der Waals surface area contributed by atoms with Gasteiger partial charge in [0.25, 0.3) is 5.89 Å². The van der Waals surface area contributed by atoms with Crippen molar-refractivity contribution in [2.45, 2.75) is 13.1 Å². The molecule has 0 aliphatic carbocycles. The van der Waals surface area contributed by atoms with Gasteiger partial charge in [-0.1, -0.05) is 35.5 Å². The highest BCUT2D eigenvalue weighted by atomic mass is 19.4. The van der Waals surface area contributed by atoms with Gasteiger partial charge in [-0.3, -0.25) is 10.1 Å². The number of alkyl halides is 3. The minimum atomic E-state index is -5.03. The molecule has 4 rings (SSSR count). The van der Waals surface area contributed by atoms with Crippen LogP contribution in [-0.2, 0) is 6.18 Å². The number of pyridine rings is 1. The fraction of sp³-hybridized carbons (Fsp3) is 0.0952.